The lowest BCUT2D eigenvalue weighted by atomic mass is 10.1. The zero-order chi connectivity index (χ0) is 10.6. The molecule has 0 saturated heterocycles. The van der Waals surface area contributed by atoms with E-state index in [4.69, 9.17) is 10.5 Å². The van der Waals surface area contributed by atoms with E-state index in [1.54, 1.807) is 12.4 Å². The Kier molecular flexibility index (Phi) is 3.05. The van der Waals surface area contributed by atoms with Crippen LogP contribution in [0.5, 0.6) is 6.01 Å². The highest BCUT2D eigenvalue weighted by molar-refractivity contribution is 5.32. The molecule has 4 heteroatoms. The monoisotopic (exact) mass is 191 g/mol. The molecule has 0 aliphatic carbocycles. The van der Waals surface area contributed by atoms with Gasteiger partial charge in [0, 0.05) is 12.4 Å². The van der Waals surface area contributed by atoms with Gasteiger partial charge in [-0.3, -0.25) is 0 Å². The van der Waals surface area contributed by atoms with Crippen molar-refractivity contribution in [1.82, 2.24) is 9.97 Å². The standard InChI is InChI=1S/C10H13N3O/c1-10(2,11)5-4-8-6-12-9(14-3)13-7-8/h6-7H,11H2,1-3H3. The minimum absolute atomic E-state index is 0.336. The Labute approximate surface area is 83.5 Å². The second kappa shape index (κ2) is 4.07. The molecule has 0 spiro atoms. The molecule has 0 saturated carbocycles. The summed E-state index contributed by atoms with van der Waals surface area (Å²) in [7, 11) is 1.52. The van der Waals surface area contributed by atoms with Crippen LogP contribution in [0.25, 0.3) is 0 Å². The SMILES string of the molecule is COc1ncc(C#CC(C)(C)N)cn1. The first-order chi connectivity index (χ1) is 6.51. The van der Waals surface area contributed by atoms with Gasteiger partial charge in [-0.15, -0.1) is 0 Å². The van der Waals surface area contributed by atoms with Crippen LogP contribution in [0.3, 0.4) is 0 Å². The van der Waals surface area contributed by atoms with Gasteiger partial charge in [0.2, 0.25) is 0 Å². The van der Waals surface area contributed by atoms with E-state index < -0.39 is 5.54 Å². The molecule has 1 aromatic rings. The van der Waals surface area contributed by atoms with Crippen LogP contribution in [0, 0.1) is 11.8 Å². The third kappa shape index (κ3) is 3.42. The van der Waals surface area contributed by atoms with E-state index in [1.165, 1.54) is 7.11 Å². The average molecular weight is 191 g/mol. The third-order valence-corrected chi connectivity index (χ3v) is 1.34. The summed E-state index contributed by atoms with van der Waals surface area (Å²) in [4.78, 5) is 7.84. The zero-order valence-electron chi connectivity index (χ0n) is 8.53. The number of ether oxygens (including phenoxy) is 1. The predicted molar refractivity (Wildman–Crippen MR) is 53.7 cm³/mol. The smallest absolute Gasteiger partial charge is 0.316 e. The fourth-order valence-electron chi connectivity index (χ4n) is 0.719. The molecule has 2 N–H and O–H groups in total. The van der Waals surface area contributed by atoms with Crippen LogP contribution in [-0.4, -0.2) is 22.6 Å². The van der Waals surface area contributed by atoms with Gasteiger partial charge in [0.25, 0.3) is 0 Å². The molecule has 0 amide bonds. The van der Waals surface area contributed by atoms with Crippen molar-refractivity contribution in [2.24, 2.45) is 5.73 Å². The highest BCUT2D eigenvalue weighted by Crippen LogP contribution is 2.01. The Bertz CT molecular complexity index is 354. The minimum atomic E-state index is -0.500. The van der Waals surface area contributed by atoms with Gasteiger partial charge in [-0.1, -0.05) is 11.8 Å². The van der Waals surface area contributed by atoms with Gasteiger partial charge in [0.15, 0.2) is 0 Å². The molecule has 1 heterocycles. The van der Waals surface area contributed by atoms with Crippen molar-refractivity contribution in [3.63, 3.8) is 0 Å². The fourth-order valence-corrected chi connectivity index (χ4v) is 0.719. The minimum Gasteiger partial charge on any atom is -0.467 e. The largest absolute Gasteiger partial charge is 0.467 e. The second-order valence-electron chi connectivity index (χ2n) is 3.43. The zero-order valence-corrected chi connectivity index (χ0v) is 8.53. The average Bonchev–Trinajstić information content (AvgIpc) is 2.14. The van der Waals surface area contributed by atoms with Gasteiger partial charge in [-0.05, 0) is 13.8 Å². The summed E-state index contributed by atoms with van der Waals surface area (Å²) in [5.41, 5.74) is 5.93. The lowest BCUT2D eigenvalue weighted by Gasteiger charge is -2.07. The van der Waals surface area contributed by atoms with Gasteiger partial charge in [-0.2, -0.15) is 0 Å². The molecule has 1 aromatic heterocycles. The van der Waals surface area contributed by atoms with E-state index in [0.717, 1.165) is 5.56 Å². The van der Waals surface area contributed by atoms with E-state index >= 15 is 0 Å². The topological polar surface area (TPSA) is 61.0 Å². The van der Waals surface area contributed by atoms with Crippen LogP contribution in [0.1, 0.15) is 19.4 Å². The van der Waals surface area contributed by atoms with Gasteiger partial charge in [0.1, 0.15) is 0 Å². The molecule has 0 fully saturated rings. The highest BCUT2D eigenvalue weighted by Gasteiger charge is 2.03. The van der Waals surface area contributed by atoms with Crippen LogP contribution < -0.4 is 10.5 Å². The molecule has 4 nitrogen and oxygen atoms in total. The van der Waals surface area contributed by atoms with Crippen LogP contribution in [0.15, 0.2) is 12.4 Å². The van der Waals surface area contributed by atoms with Gasteiger partial charge < -0.3 is 10.5 Å². The molecule has 14 heavy (non-hydrogen) atoms. The molecule has 0 unspecified atom stereocenters. The fraction of sp³-hybridized carbons (Fsp3) is 0.400. The van der Waals surface area contributed by atoms with E-state index in [1.807, 2.05) is 13.8 Å². The predicted octanol–water partition coefficient (Wildman–Crippen LogP) is 0.574. The van der Waals surface area contributed by atoms with E-state index in [9.17, 15) is 0 Å². The lowest BCUT2D eigenvalue weighted by molar-refractivity contribution is 0.379. The number of aromatic nitrogens is 2. The third-order valence-electron chi connectivity index (χ3n) is 1.34. The van der Waals surface area contributed by atoms with Crippen molar-refractivity contribution in [3.8, 4) is 17.9 Å². The normalized spacial score (nSPS) is 10.3. The molecule has 0 aliphatic rings. The summed E-state index contributed by atoms with van der Waals surface area (Å²) in [5, 5.41) is 0. The molecular formula is C10H13N3O. The Balaban J connectivity index is 2.82. The Morgan fingerprint density at radius 2 is 1.93 bits per heavy atom. The summed E-state index contributed by atoms with van der Waals surface area (Å²) in [6, 6.07) is 0.336. The van der Waals surface area contributed by atoms with Crippen LogP contribution >= 0.6 is 0 Å². The Morgan fingerprint density at radius 1 is 1.36 bits per heavy atom. The summed E-state index contributed by atoms with van der Waals surface area (Å²) in [6.07, 6.45) is 3.20. The van der Waals surface area contributed by atoms with Gasteiger partial charge >= 0.3 is 6.01 Å². The first kappa shape index (κ1) is 10.5. The summed E-state index contributed by atoms with van der Waals surface area (Å²) >= 11 is 0. The summed E-state index contributed by atoms with van der Waals surface area (Å²) < 4.78 is 4.82. The molecule has 0 atom stereocenters. The maximum absolute atomic E-state index is 5.70. The maximum Gasteiger partial charge on any atom is 0.316 e. The van der Waals surface area contributed by atoms with E-state index in [2.05, 4.69) is 21.8 Å². The van der Waals surface area contributed by atoms with Gasteiger partial charge in [-0.25, -0.2) is 9.97 Å². The number of nitrogens with two attached hydrogens (primary N) is 1. The number of hydrogen-bond donors (Lipinski definition) is 1. The first-order valence-electron chi connectivity index (χ1n) is 4.19. The molecule has 0 bridgehead atoms. The summed E-state index contributed by atoms with van der Waals surface area (Å²) in [5.74, 6) is 5.76. The number of methoxy groups -OCH3 is 1. The van der Waals surface area contributed by atoms with Crippen molar-refractivity contribution in [2.75, 3.05) is 7.11 Å². The highest BCUT2D eigenvalue weighted by atomic mass is 16.5. The number of rotatable bonds is 1. The molecule has 1 rings (SSSR count). The Hall–Kier alpha value is -1.60. The van der Waals surface area contributed by atoms with Crippen LogP contribution in [0.2, 0.25) is 0 Å². The summed E-state index contributed by atoms with van der Waals surface area (Å²) in [6.45, 7) is 3.68. The van der Waals surface area contributed by atoms with E-state index in [-0.39, 0.29) is 0 Å². The van der Waals surface area contributed by atoms with Crippen molar-refractivity contribution in [1.29, 1.82) is 0 Å². The maximum atomic E-state index is 5.70. The quantitative estimate of drug-likeness (QED) is 0.659. The van der Waals surface area contributed by atoms with Crippen LogP contribution in [-0.2, 0) is 0 Å². The molecule has 0 aromatic carbocycles. The number of hydrogen-bond acceptors (Lipinski definition) is 4. The molecule has 0 aliphatic heterocycles. The van der Waals surface area contributed by atoms with Crippen molar-refractivity contribution < 1.29 is 4.74 Å². The van der Waals surface area contributed by atoms with E-state index in [0.29, 0.717) is 6.01 Å². The van der Waals surface area contributed by atoms with Crippen LogP contribution in [0.4, 0.5) is 0 Å². The molecule has 0 radical (unpaired) electrons. The van der Waals surface area contributed by atoms with Crippen molar-refractivity contribution in [2.45, 2.75) is 19.4 Å². The lowest BCUT2D eigenvalue weighted by Crippen LogP contribution is -2.29. The van der Waals surface area contributed by atoms with Gasteiger partial charge in [0.05, 0.1) is 18.2 Å². The number of nitrogens with zero attached hydrogens (tertiary/aromatic N) is 2. The first-order valence-corrected chi connectivity index (χ1v) is 4.19. The van der Waals surface area contributed by atoms with Crippen molar-refractivity contribution in [3.05, 3.63) is 18.0 Å². The second-order valence-corrected chi connectivity index (χ2v) is 3.43. The molecular weight excluding hydrogens is 178 g/mol. The van der Waals surface area contributed by atoms with Crippen molar-refractivity contribution >= 4 is 0 Å². The molecule has 74 valence electrons. The Morgan fingerprint density at radius 3 is 2.36 bits per heavy atom.